The van der Waals surface area contributed by atoms with Crippen LogP contribution in [0.2, 0.25) is 0 Å². The molecule has 3 N–H and O–H groups in total. The van der Waals surface area contributed by atoms with E-state index < -0.39 is 23.7 Å². The van der Waals surface area contributed by atoms with Gasteiger partial charge in [0.25, 0.3) is 5.91 Å². The molecule has 0 aliphatic heterocycles. The van der Waals surface area contributed by atoms with Gasteiger partial charge in [0, 0.05) is 10.2 Å². The lowest BCUT2D eigenvalue weighted by Crippen LogP contribution is -2.33. The molecule has 0 saturated carbocycles. The van der Waals surface area contributed by atoms with Crippen molar-refractivity contribution in [3.8, 4) is 11.5 Å². The zero-order valence-corrected chi connectivity index (χ0v) is 24.6. The van der Waals surface area contributed by atoms with E-state index in [1.807, 2.05) is 6.92 Å². The van der Waals surface area contributed by atoms with Crippen molar-refractivity contribution in [2.45, 2.75) is 13.3 Å². The minimum Gasteiger partial charge on any atom is -0.494 e. The Hall–Kier alpha value is -5.29. The van der Waals surface area contributed by atoms with Crippen molar-refractivity contribution in [3.63, 3.8) is 0 Å². The molecule has 0 atom stereocenters. The molecular formula is C32H27BrN4O6. The van der Waals surface area contributed by atoms with Crippen LogP contribution in [0.3, 0.4) is 0 Å². The van der Waals surface area contributed by atoms with Gasteiger partial charge in [0.15, 0.2) is 0 Å². The average Bonchev–Trinajstić information content (AvgIpc) is 3.02. The Morgan fingerprint density at radius 1 is 0.791 bits per heavy atom. The van der Waals surface area contributed by atoms with Crippen LogP contribution in [0.4, 0.5) is 11.4 Å². The van der Waals surface area contributed by atoms with E-state index in [-0.39, 0.29) is 11.3 Å². The molecule has 11 heteroatoms. The lowest BCUT2D eigenvalue weighted by atomic mass is 10.1. The Balaban J connectivity index is 1.28. The number of amides is 3. The van der Waals surface area contributed by atoms with Gasteiger partial charge in [-0.2, -0.15) is 5.10 Å². The smallest absolute Gasteiger partial charge is 0.343 e. The molecule has 0 aliphatic rings. The molecule has 0 bridgehead atoms. The van der Waals surface area contributed by atoms with Crippen LogP contribution >= 0.6 is 15.9 Å². The van der Waals surface area contributed by atoms with E-state index in [0.717, 1.165) is 10.9 Å². The third kappa shape index (κ3) is 9.10. The van der Waals surface area contributed by atoms with E-state index in [2.05, 4.69) is 37.1 Å². The molecule has 43 heavy (non-hydrogen) atoms. The number of nitrogens with zero attached hydrogens (tertiary/aromatic N) is 1. The normalized spacial score (nSPS) is 10.6. The minimum atomic E-state index is -1.03. The van der Waals surface area contributed by atoms with Gasteiger partial charge in [0.05, 0.1) is 29.6 Å². The van der Waals surface area contributed by atoms with Gasteiger partial charge >= 0.3 is 17.8 Å². The highest BCUT2D eigenvalue weighted by Crippen LogP contribution is 2.20. The molecule has 0 aromatic heterocycles. The number of nitrogens with one attached hydrogen (secondary N) is 3. The number of para-hydroxylation sites is 1. The van der Waals surface area contributed by atoms with E-state index in [0.29, 0.717) is 34.9 Å². The summed E-state index contributed by atoms with van der Waals surface area (Å²) in [6, 6.07) is 26.4. The number of hydrogen-bond acceptors (Lipinski definition) is 7. The van der Waals surface area contributed by atoms with Gasteiger partial charge in [-0.3, -0.25) is 14.4 Å². The SMILES string of the molecule is CCCOc1ccc(C(=O)Oc2ccc(C=NNC(=O)C(=O)Nc3ccccc3C(=O)Nc3ccc(Br)cc3)cc2)cc1. The molecule has 218 valence electrons. The van der Waals surface area contributed by atoms with Gasteiger partial charge < -0.3 is 20.1 Å². The number of esters is 1. The molecule has 0 saturated heterocycles. The summed E-state index contributed by atoms with van der Waals surface area (Å²) in [7, 11) is 0. The van der Waals surface area contributed by atoms with Crippen molar-refractivity contribution in [3.05, 3.63) is 118 Å². The summed E-state index contributed by atoms with van der Waals surface area (Å²) in [5.74, 6) is -2.02. The first-order valence-corrected chi connectivity index (χ1v) is 14.0. The lowest BCUT2D eigenvalue weighted by molar-refractivity contribution is -0.136. The van der Waals surface area contributed by atoms with Crippen molar-refractivity contribution in [1.82, 2.24) is 5.43 Å². The zero-order valence-electron chi connectivity index (χ0n) is 23.0. The predicted molar refractivity (Wildman–Crippen MR) is 167 cm³/mol. The van der Waals surface area contributed by atoms with Gasteiger partial charge in [-0.15, -0.1) is 0 Å². The van der Waals surface area contributed by atoms with Crippen LogP contribution < -0.4 is 25.5 Å². The highest BCUT2D eigenvalue weighted by molar-refractivity contribution is 9.10. The summed E-state index contributed by atoms with van der Waals surface area (Å²) in [4.78, 5) is 50.0. The van der Waals surface area contributed by atoms with Gasteiger partial charge in [-0.1, -0.05) is 35.0 Å². The number of anilines is 2. The largest absolute Gasteiger partial charge is 0.494 e. The van der Waals surface area contributed by atoms with Crippen molar-refractivity contribution < 1.29 is 28.7 Å². The maximum absolute atomic E-state index is 12.8. The molecule has 0 heterocycles. The third-order valence-electron chi connectivity index (χ3n) is 5.76. The van der Waals surface area contributed by atoms with Gasteiger partial charge in [0.1, 0.15) is 11.5 Å². The molecule has 0 aliphatic carbocycles. The summed E-state index contributed by atoms with van der Waals surface area (Å²) in [6.45, 7) is 2.61. The van der Waals surface area contributed by atoms with Crippen LogP contribution in [0.15, 0.2) is 107 Å². The molecule has 4 aromatic carbocycles. The average molecular weight is 643 g/mol. The Morgan fingerprint density at radius 3 is 2.16 bits per heavy atom. The fourth-order valence-electron chi connectivity index (χ4n) is 3.61. The number of carbonyl (C=O) groups is 4. The van der Waals surface area contributed by atoms with E-state index in [1.54, 1.807) is 84.9 Å². The lowest BCUT2D eigenvalue weighted by Gasteiger charge is -2.11. The maximum Gasteiger partial charge on any atom is 0.343 e. The Morgan fingerprint density at radius 2 is 1.47 bits per heavy atom. The first kappa shape index (κ1) is 30.7. The molecular weight excluding hydrogens is 616 g/mol. The van der Waals surface area contributed by atoms with E-state index in [4.69, 9.17) is 9.47 Å². The van der Waals surface area contributed by atoms with Crippen molar-refractivity contribution in [1.29, 1.82) is 0 Å². The van der Waals surface area contributed by atoms with Crippen LogP contribution in [0.1, 0.15) is 39.6 Å². The maximum atomic E-state index is 12.8. The second-order valence-electron chi connectivity index (χ2n) is 8.99. The fraction of sp³-hybridized carbons (Fsp3) is 0.0938. The molecule has 0 spiro atoms. The Bertz CT molecular complexity index is 1620. The van der Waals surface area contributed by atoms with Crippen molar-refractivity contribution in [2.75, 3.05) is 17.2 Å². The molecule has 10 nitrogen and oxygen atoms in total. The van der Waals surface area contributed by atoms with Crippen LogP contribution in [0.5, 0.6) is 11.5 Å². The van der Waals surface area contributed by atoms with Crippen LogP contribution in [-0.4, -0.2) is 36.5 Å². The van der Waals surface area contributed by atoms with Crippen LogP contribution in [0.25, 0.3) is 0 Å². The number of benzene rings is 4. The van der Waals surface area contributed by atoms with Crippen LogP contribution in [-0.2, 0) is 9.59 Å². The fourth-order valence-corrected chi connectivity index (χ4v) is 3.88. The molecule has 0 fully saturated rings. The number of hydrazone groups is 1. The predicted octanol–water partition coefficient (Wildman–Crippen LogP) is 5.80. The number of ether oxygens (including phenoxy) is 2. The summed E-state index contributed by atoms with van der Waals surface area (Å²) >= 11 is 3.34. The van der Waals surface area contributed by atoms with Crippen LogP contribution in [0, 0.1) is 0 Å². The summed E-state index contributed by atoms with van der Waals surface area (Å²) in [5, 5.41) is 8.99. The highest BCUT2D eigenvalue weighted by Gasteiger charge is 2.18. The van der Waals surface area contributed by atoms with E-state index >= 15 is 0 Å². The molecule has 0 radical (unpaired) electrons. The Kier molecular flexibility index (Phi) is 10.8. The second-order valence-corrected chi connectivity index (χ2v) is 9.91. The number of rotatable bonds is 10. The highest BCUT2D eigenvalue weighted by atomic mass is 79.9. The summed E-state index contributed by atoms with van der Waals surface area (Å²) in [5.41, 5.74) is 4.00. The first-order chi connectivity index (χ1) is 20.8. The number of halogens is 1. The molecule has 4 rings (SSSR count). The van der Waals surface area contributed by atoms with Crippen molar-refractivity contribution >= 4 is 57.2 Å². The topological polar surface area (TPSA) is 135 Å². The molecule has 4 aromatic rings. The second kappa shape index (κ2) is 15.1. The standard InChI is InChI=1S/C32H27BrN4O6/c1-2-19-42-25-17-9-22(10-18-25)32(41)43-26-15-7-21(8-16-26)20-34-37-31(40)30(39)36-28-6-4-3-5-27(28)29(38)35-24-13-11-23(33)12-14-24/h3-18,20H,2,19H2,1H3,(H,35,38)(H,36,39)(H,37,40). The van der Waals surface area contributed by atoms with E-state index in [1.165, 1.54) is 18.3 Å². The Labute approximate surface area is 256 Å². The monoisotopic (exact) mass is 642 g/mol. The number of carbonyl (C=O) groups excluding carboxylic acids is 4. The summed E-state index contributed by atoms with van der Waals surface area (Å²) in [6.07, 6.45) is 2.21. The third-order valence-corrected chi connectivity index (χ3v) is 6.29. The first-order valence-electron chi connectivity index (χ1n) is 13.2. The molecule has 3 amide bonds. The number of hydrogen-bond donors (Lipinski definition) is 3. The zero-order chi connectivity index (χ0) is 30.6. The minimum absolute atomic E-state index is 0.159. The van der Waals surface area contributed by atoms with Gasteiger partial charge in [0.2, 0.25) is 0 Å². The molecule has 0 unspecified atom stereocenters. The van der Waals surface area contributed by atoms with Gasteiger partial charge in [-0.25, -0.2) is 10.2 Å². The summed E-state index contributed by atoms with van der Waals surface area (Å²) < 4.78 is 11.8. The van der Waals surface area contributed by atoms with Crippen molar-refractivity contribution in [2.24, 2.45) is 5.10 Å². The van der Waals surface area contributed by atoms with E-state index in [9.17, 15) is 19.2 Å². The van der Waals surface area contributed by atoms with Gasteiger partial charge in [-0.05, 0) is 96.9 Å². The quantitative estimate of drug-likeness (QED) is 0.0658.